The quantitative estimate of drug-likeness (QED) is 0.570. The maximum Gasteiger partial charge on any atom is 0.266 e. The molecule has 164 valence electrons. The van der Waals surface area contributed by atoms with Gasteiger partial charge in [-0.15, -0.1) is 0 Å². The first kappa shape index (κ1) is 20.5. The maximum atomic E-state index is 12.0. The predicted molar refractivity (Wildman–Crippen MR) is 116 cm³/mol. The molecular formula is C23H20N2O6S. The second-order valence-corrected chi connectivity index (χ2v) is 8.68. The number of benzene rings is 2. The Hall–Kier alpha value is -3.43. The van der Waals surface area contributed by atoms with Crippen LogP contribution in [0.3, 0.4) is 0 Å². The van der Waals surface area contributed by atoms with Gasteiger partial charge in [0.1, 0.15) is 18.1 Å². The summed E-state index contributed by atoms with van der Waals surface area (Å²) in [5.74, 6) is 2.75. The molecular weight excluding hydrogens is 432 g/mol. The van der Waals surface area contributed by atoms with Crippen LogP contribution in [-0.4, -0.2) is 29.2 Å². The third-order valence-corrected chi connectivity index (χ3v) is 6.64. The zero-order valence-electron chi connectivity index (χ0n) is 17.1. The summed E-state index contributed by atoms with van der Waals surface area (Å²) in [7, 11) is 1.56. The van der Waals surface area contributed by atoms with E-state index in [1.54, 1.807) is 25.4 Å². The zero-order chi connectivity index (χ0) is 22.1. The first-order chi connectivity index (χ1) is 15.6. The highest BCUT2D eigenvalue weighted by Gasteiger charge is 2.37. The Morgan fingerprint density at radius 3 is 2.62 bits per heavy atom. The molecule has 0 spiro atoms. The molecule has 3 heterocycles. The largest absolute Gasteiger partial charge is 0.593 e. The third-order valence-electron chi connectivity index (χ3n) is 5.26. The van der Waals surface area contributed by atoms with Crippen molar-refractivity contribution in [3.8, 4) is 28.9 Å². The van der Waals surface area contributed by atoms with Crippen LogP contribution >= 0.6 is 0 Å². The van der Waals surface area contributed by atoms with Gasteiger partial charge in [0.15, 0.2) is 22.9 Å². The number of amides is 1. The lowest BCUT2D eigenvalue weighted by Gasteiger charge is -2.15. The highest BCUT2D eigenvalue weighted by atomic mass is 32.2. The van der Waals surface area contributed by atoms with E-state index in [0.717, 1.165) is 11.1 Å². The first-order valence-corrected chi connectivity index (χ1v) is 11.2. The smallest absolute Gasteiger partial charge is 0.266 e. The Morgan fingerprint density at radius 2 is 1.94 bits per heavy atom. The van der Waals surface area contributed by atoms with Gasteiger partial charge in [0.05, 0.1) is 31.1 Å². The zero-order valence-corrected chi connectivity index (χ0v) is 18.0. The second kappa shape index (κ2) is 8.60. The molecule has 0 saturated carbocycles. The van der Waals surface area contributed by atoms with Crippen molar-refractivity contribution in [1.29, 1.82) is 0 Å². The summed E-state index contributed by atoms with van der Waals surface area (Å²) in [4.78, 5) is 15.6. The minimum absolute atomic E-state index is 0.197. The van der Waals surface area contributed by atoms with Crippen LogP contribution in [0.2, 0.25) is 0 Å². The van der Waals surface area contributed by atoms with Crippen molar-refractivity contribution in [3.63, 3.8) is 0 Å². The number of rotatable bonds is 6. The molecule has 0 bridgehead atoms. The van der Waals surface area contributed by atoms with E-state index >= 15 is 0 Å². The Kier molecular flexibility index (Phi) is 5.50. The molecule has 1 fully saturated rings. The molecule has 32 heavy (non-hydrogen) atoms. The maximum absolute atomic E-state index is 12.0. The number of para-hydroxylation sites is 1. The van der Waals surface area contributed by atoms with Gasteiger partial charge < -0.3 is 23.5 Å². The number of ether oxygens (including phenoxy) is 4. The number of nitrogens with one attached hydrogen (secondary N) is 1. The Morgan fingerprint density at radius 1 is 1.12 bits per heavy atom. The summed E-state index contributed by atoms with van der Waals surface area (Å²) in [5.41, 5.74) is 1.72. The lowest BCUT2D eigenvalue weighted by Crippen LogP contribution is -2.21. The normalized spacial score (nSPS) is 21.4. The van der Waals surface area contributed by atoms with Gasteiger partial charge in [0.2, 0.25) is 5.88 Å². The van der Waals surface area contributed by atoms with E-state index in [1.165, 1.54) is 0 Å². The number of aromatic nitrogens is 1. The molecule has 8 nitrogen and oxygen atoms in total. The molecule has 5 rings (SSSR count). The van der Waals surface area contributed by atoms with E-state index < -0.39 is 11.4 Å². The highest BCUT2D eigenvalue weighted by Crippen LogP contribution is 2.43. The topological polar surface area (TPSA) is 102 Å². The minimum atomic E-state index is -1.39. The fraction of sp³-hybridized carbons (Fsp3) is 0.217. The van der Waals surface area contributed by atoms with Crippen molar-refractivity contribution in [2.45, 2.75) is 17.8 Å². The van der Waals surface area contributed by atoms with Crippen molar-refractivity contribution < 1.29 is 28.3 Å². The number of carbonyl (C=O) groups excluding carboxylic acids is 1. The number of carbonyl (C=O) groups is 1. The standard InChI is InChI=1S/C23H20N2O6S/c1-28-22-10-9-16(12-24-22)31-18-4-2-3-17-19(13-29-23(17)18)30-15-7-5-14(6-8-15)20-11-21(26)25-32(20)27/h2-10,12,19-20H,11,13H2,1H3,(H,25,26)/t19-,20?,32?/m1/s1. The lowest BCUT2D eigenvalue weighted by molar-refractivity contribution is -0.118. The van der Waals surface area contributed by atoms with Gasteiger partial charge in [-0.25, -0.2) is 4.98 Å². The van der Waals surface area contributed by atoms with E-state index in [-0.39, 0.29) is 23.7 Å². The molecule has 9 heteroatoms. The van der Waals surface area contributed by atoms with E-state index in [0.29, 0.717) is 35.5 Å². The van der Waals surface area contributed by atoms with Crippen molar-refractivity contribution in [1.82, 2.24) is 9.71 Å². The summed E-state index contributed by atoms with van der Waals surface area (Å²) < 4.78 is 37.5. The van der Waals surface area contributed by atoms with Crippen LogP contribution in [0.4, 0.5) is 0 Å². The predicted octanol–water partition coefficient (Wildman–Crippen LogP) is 3.62. The second-order valence-electron chi connectivity index (χ2n) is 7.31. The molecule has 1 saturated heterocycles. The van der Waals surface area contributed by atoms with Crippen LogP contribution in [0.15, 0.2) is 60.8 Å². The molecule has 0 aliphatic carbocycles. The average Bonchev–Trinajstić information content (AvgIpc) is 3.38. The van der Waals surface area contributed by atoms with Crippen LogP contribution < -0.4 is 23.7 Å². The number of hydrogen-bond donors (Lipinski definition) is 1. The van der Waals surface area contributed by atoms with E-state index in [4.69, 9.17) is 18.9 Å². The minimum Gasteiger partial charge on any atom is -0.593 e. The van der Waals surface area contributed by atoms with Gasteiger partial charge in [-0.05, 0) is 24.3 Å². The van der Waals surface area contributed by atoms with Crippen molar-refractivity contribution in [2.24, 2.45) is 0 Å². The lowest BCUT2D eigenvalue weighted by atomic mass is 10.1. The molecule has 3 aromatic rings. The van der Waals surface area contributed by atoms with Crippen LogP contribution in [0.5, 0.6) is 28.9 Å². The molecule has 1 amide bonds. The summed E-state index contributed by atoms with van der Waals surface area (Å²) in [6.45, 7) is 0.351. The Balaban J connectivity index is 1.29. The number of fused-ring (bicyclic) bond motifs is 1. The number of pyridine rings is 1. The number of methoxy groups -OCH3 is 1. The van der Waals surface area contributed by atoms with Gasteiger partial charge in [0.25, 0.3) is 5.91 Å². The van der Waals surface area contributed by atoms with Gasteiger partial charge in [-0.3, -0.25) is 4.79 Å². The van der Waals surface area contributed by atoms with Crippen LogP contribution in [0, 0.1) is 0 Å². The fourth-order valence-electron chi connectivity index (χ4n) is 3.68. The van der Waals surface area contributed by atoms with Gasteiger partial charge in [-0.1, -0.05) is 24.3 Å². The summed E-state index contributed by atoms with van der Waals surface area (Å²) >= 11 is -1.39. The molecule has 2 unspecified atom stereocenters. The molecule has 3 atom stereocenters. The molecule has 2 aliphatic rings. The van der Waals surface area contributed by atoms with E-state index in [9.17, 15) is 9.35 Å². The molecule has 1 N–H and O–H groups in total. The first-order valence-electron chi connectivity index (χ1n) is 10.0. The van der Waals surface area contributed by atoms with E-state index in [2.05, 4.69) is 9.71 Å². The van der Waals surface area contributed by atoms with Crippen molar-refractivity contribution in [3.05, 3.63) is 71.9 Å². The van der Waals surface area contributed by atoms with Crippen LogP contribution in [-0.2, 0) is 16.2 Å². The van der Waals surface area contributed by atoms with Gasteiger partial charge >= 0.3 is 0 Å². The molecule has 2 aromatic carbocycles. The summed E-state index contributed by atoms with van der Waals surface area (Å²) in [6, 6.07) is 16.5. The highest BCUT2D eigenvalue weighted by molar-refractivity contribution is 7.90. The van der Waals surface area contributed by atoms with E-state index in [1.807, 2.05) is 42.5 Å². The van der Waals surface area contributed by atoms with Crippen LogP contribution in [0.1, 0.15) is 28.9 Å². The summed E-state index contributed by atoms with van der Waals surface area (Å²) in [6.07, 6.45) is 1.52. The molecule has 2 aliphatic heterocycles. The fourth-order valence-corrected chi connectivity index (χ4v) is 4.84. The molecule has 1 aromatic heterocycles. The van der Waals surface area contributed by atoms with Crippen molar-refractivity contribution >= 4 is 17.3 Å². The van der Waals surface area contributed by atoms with Gasteiger partial charge in [0, 0.05) is 17.2 Å². The van der Waals surface area contributed by atoms with Crippen LogP contribution in [0.25, 0.3) is 0 Å². The average molecular weight is 452 g/mol. The summed E-state index contributed by atoms with van der Waals surface area (Å²) in [5, 5.41) is -0.334. The Labute approximate surface area is 187 Å². The molecule has 0 radical (unpaired) electrons. The SMILES string of the molecule is COc1ccc(Oc2cccc3c2OC[C@H]3Oc2ccc(C3CC(=O)N[S+]3[O-])cc2)cn1. The third kappa shape index (κ3) is 4.04. The van der Waals surface area contributed by atoms with Crippen molar-refractivity contribution in [2.75, 3.05) is 13.7 Å². The number of hydrogen-bond acceptors (Lipinski definition) is 7. The number of nitrogens with zero attached hydrogens (tertiary/aromatic N) is 1. The van der Waals surface area contributed by atoms with Gasteiger partial charge in [-0.2, -0.15) is 4.72 Å². The Bertz CT molecular complexity index is 1120. The monoisotopic (exact) mass is 452 g/mol.